The number of nitrogens with one attached hydrogen (secondary N) is 1. The van der Waals surface area contributed by atoms with Crippen molar-refractivity contribution >= 4 is 23.4 Å². The Balaban J connectivity index is 1.55. The lowest BCUT2D eigenvalue weighted by Crippen LogP contribution is -2.08. The molecule has 26 heavy (non-hydrogen) atoms. The Bertz CT molecular complexity index is 932. The maximum absolute atomic E-state index is 5.97. The Morgan fingerprint density at radius 1 is 1.00 bits per heavy atom. The third-order valence-electron chi connectivity index (χ3n) is 4.68. The number of aryl methyl sites for hydroxylation is 2. The fourth-order valence-corrected chi connectivity index (χ4v) is 3.56. The molecule has 2 unspecified atom stereocenters. The molecule has 0 saturated heterocycles. The zero-order chi connectivity index (χ0) is 18.3. The number of anilines is 2. The minimum Gasteiger partial charge on any atom is -0.368 e. The van der Waals surface area contributed by atoms with Crippen LogP contribution in [0.15, 0.2) is 48.5 Å². The summed E-state index contributed by atoms with van der Waals surface area (Å²) in [4.78, 5) is 8.77. The predicted molar refractivity (Wildman–Crippen MR) is 108 cm³/mol. The molecule has 4 nitrogen and oxygen atoms in total. The maximum atomic E-state index is 5.97. The number of aromatic nitrogens is 2. The molecule has 1 aliphatic rings. The lowest BCUT2D eigenvalue weighted by molar-refractivity contribution is 1.02. The van der Waals surface area contributed by atoms with Crippen molar-refractivity contribution in [2.24, 2.45) is 0 Å². The van der Waals surface area contributed by atoms with Crippen molar-refractivity contribution in [1.82, 2.24) is 9.97 Å². The summed E-state index contributed by atoms with van der Waals surface area (Å²) in [7, 11) is 0. The van der Waals surface area contributed by atoms with Gasteiger partial charge in [-0.05, 0) is 50.1 Å². The average molecular weight is 365 g/mol. The minimum atomic E-state index is 0.285. The van der Waals surface area contributed by atoms with Crippen LogP contribution >= 0.6 is 11.6 Å². The minimum absolute atomic E-state index is 0.285. The molecule has 4 rings (SSSR count). The molecule has 1 saturated carbocycles. The predicted octanol–water partition coefficient (Wildman–Crippen LogP) is 4.96. The van der Waals surface area contributed by atoms with Crippen molar-refractivity contribution in [3.05, 3.63) is 70.2 Å². The summed E-state index contributed by atoms with van der Waals surface area (Å²) in [6.45, 7) is 4.17. The fraction of sp³-hybridized carbons (Fsp3) is 0.238. The van der Waals surface area contributed by atoms with Gasteiger partial charge in [-0.1, -0.05) is 40.9 Å². The van der Waals surface area contributed by atoms with Gasteiger partial charge >= 0.3 is 0 Å². The van der Waals surface area contributed by atoms with Crippen molar-refractivity contribution in [3.8, 4) is 11.3 Å². The first kappa shape index (κ1) is 16.9. The summed E-state index contributed by atoms with van der Waals surface area (Å²) in [6, 6.07) is 16.8. The highest BCUT2D eigenvalue weighted by Crippen LogP contribution is 2.43. The van der Waals surface area contributed by atoms with Crippen LogP contribution in [0.2, 0.25) is 5.02 Å². The van der Waals surface area contributed by atoms with Gasteiger partial charge in [0.1, 0.15) is 5.82 Å². The molecule has 2 atom stereocenters. The third-order valence-corrected chi connectivity index (χ3v) is 4.93. The first-order chi connectivity index (χ1) is 12.5. The van der Waals surface area contributed by atoms with E-state index in [4.69, 9.17) is 17.3 Å². The highest BCUT2D eigenvalue weighted by atomic mass is 35.5. The summed E-state index contributed by atoms with van der Waals surface area (Å²) in [6.07, 6.45) is 1.07. The molecule has 2 aromatic carbocycles. The highest BCUT2D eigenvalue weighted by molar-refractivity contribution is 6.30. The van der Waals surface area contributed by atoms with Gasteiger partial charge in [0.2, 0.25) is 5.95 Å². The molecule has 3 aromatic rings. The van der Waals surface area contributed by atoms with Crippen molar-refractivity contribution in [2.45, 2.75) is 32.2 Å². The van der Waals surface area contributed by atoms with Gasteiger partial charge in [-0.15, -0.1) is 0 Å². The Labute approximate surface area is 158 Å². The van der Waals surface area contributed by atoms with Gasteiger partial charge in [-0.3, -0.25) is 0 Å². The van der Waals surface area contributed by atoms with E-state index in [-0.39, 0.29) is 5.95 Å². The molecule has 1 aromatic heterocycles. The SMILES string of the molecule is Cc1cc(C)cc(-c2cc(NC3CC3c3ccc(Cl)cc3)nc(N)n2)c1. The Kier molecular flexibility index (Phi) is 4.29. The quantitative estimate of drug-likeness (QED) is 0.686. The van der Waals surface area contributed by atoms with E-state index < -0.39 is 0 Å². The summed E-state index contributed by atoms with van der Waals surface area (Å²) in [5.41, 5.74) is 11.6. The lowest BCUT2D eigenvalue weighted by atomic mass is 10.0. The van der Waals surface area contributed by atoms with E-state index in [2.05, 4.69) is 59.5 Å². The second-order valence-electron chi connectivity index (χ2n) is 7.02. The Morgan fingerprint density at radius 2 is 1.69 bits per heavy atom. The monoisotopic (exact) mass is 364 g/mol. The van der Waals surface area contributed by atoms with Crippen molar-refractivity contribution < 1.29 is 0 Å². The van der Waals surface area contributed by atoms with E-state index in [1.807, 2.05) is 18.2 Å². The van der Waals surface area contributed by atoms with Gasteiger partial charge in [0.25, 0.3) is 0 Å². The van der Waals surface area contributed by atoms with E-state index in [1.54, 1.807) is 0 Å². The van der Waals surface area contributed by atoms with Crippen LogP contribution in [0, 0.1) is 13.8 Å². The zero-order valence-corrected chi connectivity index (χ0v) is 15.6. The molecule has 1 heterocycles. The molecule has 132 valence electrons. The van der Waals surface area contributed by atoms with Crippen LogP contribution in [0.5, 0.6) is 0 Å². The number of hydrogen-bond donors (Lipinski definition) is 2. The van der Waals surface area contributed by atoms with E-state index in [0.717, 1.165) is 28.5 Å². The number of hydrogen-bond acceptors (Lipinski definition) is 4. The normalized spacial score (nSPS) is 18.6. The molecule has 1 fully saturated rings. The number of rotatable bonds is 4. The second-order valence-corrected chi connectivity index (χ2v) is 7.45. The Hall–Kier alpha value is -2.59. The molecule has 1 aliphatic carbocycles. The van der Waals surface area contributed by atoms with Crippen LogP contribution in [0.4, 0.5) is 11.8 Å². The number of nitrogens with two attached hydrogens (primary N) is 1. The van der Waals surface area contributed by atoms with E-state index in [1.165, 1.54) is 16.7 Å². The summed E-state index contributed by atoms with van der Waals surface area (Å²) in [5, 5.41) is 4.26. The molecule has 5 heteroatoms. The van der Waals surface area contributed by atoms with Crippen LogP contribution in [-0.4, -0.2) is 16.0 Å². The first-order valence-corrected chi connectivity index (χ1v) is 9.11. The molecule has 0 spiro atoms. The van der Waals surface area contributed by atoms with Crippen LogP contribution in [-0.2, 0) is 0 Å². The Morgan fingerprint density at radius 3 is 2.38 bits per heavy atom. The second kappa shape index (κ2) is 6.61. The molecule has 0 radical (unpaired) electrons. The van der Waals surface area contributed by atoms with Crippen molar-refractivity contribution in [1.29, 1.82) is 0 Å². The number of nitrogen functional groups attached to an aromatic ring is 1. The van der Waals surface area contributed by atoms with E-state index in [0.29, 0.717) is 12.0 Å². The molecule has 0 bridgehead atoms. The van der Waals surface area contributed by atoms with Gasteiger partial charge in [-0.2, -0.15) is 4.98 Å². The van der Waals surface area contributed by atoms with Crippen LogP contribution in [0.1, 0.15) is 29.0 Å². The van der Waals surface area contributed by atoms with Crippen molar-refractivity contribution in [2.75, 3.05) is 11.1 Å². The standard InChI is InChI=1S/C21H21ClN4/c1-12-7-13(2)9-15(8-12)18-11-20(26-21(23)25-18)24-19-10-17(19)14-3-5-16(22)6-4-14/h3-9,11,17,19H,10H2,1-2H3,(H3,23,24,25,26). The van der Waals surface area contributed by atoms with Gasteiger partial charge in [0.15, 0.2) is 0 Å². The fourth-order valence-electron chi connectivity index (χ4n) is 3.43. The number of benzene rings is 2. The molecule has 3 N–H and O–H groups in total. The number of halogens is 1. The van der Waals surface area contributed by atoms with Crippen molar-refractivity contribution in [3.63, 3.8) is 0 Å². The van der Waals surface area contributed by atoms with Gasteiger partial charge in [-0.25, -0.2) is 4.98 Å². The van der Waals surface area contributed by atoms with Crippen LogP contribution in [0.25, 0.3) is 11.3 Å². The van der Waals surface area contributed by atoms with Crippen LogP contribution in [0.3, 0.4) is 0 Å². The summed E-state index contributed by atoms with van der Waals surface area (Å²) < 4.78 is 0. The van der Waals surface area contributed by atoms with Crippen LogP contribution < -0.4 is 11.1 Å². The topological polar surface area (TPSA) is 63.8 Å². The van der Waals surface area contributed by atoms with E-state index in [9.17, 15) is 0 Å². The summed E-state index contributed by atoms with van der Waals surface area (Å²) in [5.74, 6) is 1.54. The zero-order valence-electron chi connectivity index (χ0n) is 14.8. The lowest BCUT2D eigenvalue weighted by Gasteiger charge is -2.10. The third kappa shape index (κ3) is 3.65. The molecular formula is C21H21ClN4. The summed E-state index contributed by atoms with van der Waals surface area (Å²) >= 11 is 5.97. The largest absolute Gasteiger partial charge is 0.368 e. The smallest absolute Gasteiger partial charge is 0.222 e. The average Bonchev–Trinajstić information content (AvgIpc) is 3.33. The molecular weight excluding hydrogens is 344 g/mol. The number of nitrogens with zero attached hydrogens (tertiary/aromatic N) is 2. The highest BCUT2D eigenvalue weighted by Gasteiger charge is 2.38. The maximum Gasteiger partial charge on any atom is 0.222 e. The van der Waals surface area contributed by atoms with E-state index >= 15 is 0 Å². The van der Waals surface area contributed by atoms with Gasteiger partial charge in [0.05, 0.1) is 5.69 Å². The van der Waals surface area contributed by atoms with Gasteiger partial charge < -0.3 is 11.1 Å². The molecule has 0 aliphatic heterocycles. The first-order valence-electron chi connectivity index (χ1n) is 8.73. The molecule has 0 amide bonds. The van der Waals surface area contributed by atoms with Gasteiger partial charge in [0, 0.05) is 28.6 Å².